The van der Waals surface area contributed by atoms with Crippen molar-refractivity contribution in [2.24, 2.45) is 0 Å². The number of fused-ring (bicyclic) bond motifs is 1. The maximum Gasteiger partial charge on any atom is 0.167 e. The molecule has 5 heteroatoms. The van der Waals surface area contributed by atoms with Crippen LogP contribution in [0.1, 0.15) is 5.56 Å². The van der Waals surface area contributed by atoms with Crippen LogP contribution in [0.5, 0.6) is 0 Å². The summed E-state index contributed by atoms with van der Waals surface area (Å²) in [5, 5.41) is 13.0. The smallest absolute Gasteiger partial charge is 0.167 e. The van der Waals surface area contributed by atoms with Gasteiger partial charge in [0, 0.05) is 0 Å². The zero-order valence-corrected chi connectivity index (χ0v) is 6.72. The van der Waals surface area contributed by atoms with Crippen molar-refractivity contribution in [1.29, 1.82) is 0 Å². The fourth-order valence-corrected chi connectivity index (χ4v) is 1.79. The highest BCUT2D eigenvalue weighted by molar-refractivity contribution is 7.17. The quantitative estimate of drug-likeness (QED) is 0.633. The van der Waals surface area contributed by atoms with Gasteiger partial charge >= 0.3 is 0 Å². The monoisotopic (exact) mass is 166 g/mol. The molecule has 2 heterocycles. The molecule has 0 aliphatic carbocycles. The molecule has 0 bridgehead atoms. The highest BCUT2D eigenvalue weighted by Crippen LogP contribution is 2.25. The molecule has 2 rings (SSSR count). The van der Waals surface area contributed by atoms with Crippen LogP contribution in [-0.4, -0.2) is 15.4 Å². The summed E-state index contributed by atoms with van der Waals surface area (Å²) in [5.74, 6) is 0.466. The van der Waals surface area contributed by atoms with Crippen molar-refractivity contribution in [2.45, 2.75) is 6.92 Å². The third-order valence-electron chi connectivity index (χ3n) is 1.47. The number of anilines is 1. The van der Waals surface area contributed by atoms with E-state index in [1.807, 2.05) is 12.3 Å². The fourth-order valence-electron chi connectivity index (χ4n) is 0.905. The van der Waals surface area contributed by atoms with E-state index < -0.39 is 0 Å². The summed E-state index contributed by atoms with van der Waals surface area (Å²) < 4.78 is 0.928. The number of nitrogens with zero attached hydrogens (tertiary/aromatic N) is 3. The summed E-state index contributed by atoms with van der Waals surface area (Å²) in [6.45, 7) is 1.98. The van der Waals surface area contributed by atoms with E-state index in [9.17, 15) is 0 Å². The highest BCUT2D eigenvalue weighted by atomic mass is 32.1. The van der Waals surface area contributed by atoms with Crippen LogP contribution >= 0.6 is 11.3 Å². The summed E-state index contributed by atoms with van der Waals surface area (Å²) >= 11 is 1.55. The van der Waals surface area contributed by atoms with E-state index in [1.54, 1.807) is 11.3 Å². The Morgan fingerprint density at radius 1 is 1.45 bits per heavy atom. The van der Waals surface area contributed by atoms with Crippen LogP contribution in [0, 0.1) is 6.92 Å². The number of rotatable bonds is 0. The molecule has 0 aliphatic heterocycles. The first kappa shape index (κ1) is 6.48. The van der Waals surface area contributed by atoms with Crippen molar-refractivity contribution in [3.63, 3.8) is 0 Å². The van der Waals surface area contributed by atoms with Crippen molar-refractivity contribution in [2.75, 3.05) is 5.73 Å². The van der Waals surface area contributed by atoms with E-state index in [-0.39, 0.29) is 0 Å². The van der Waals surface area contributed by atoms with Crippen LogP contribution < -0.4 is 5.73 Å². The Balaban J connectivity index is 2.94. The molecule has 2 aromatic rings. The molecule has 0 spiro atoms. The maximum atomic E-state index is 5.57. The van der Waals surface area contributed by atoms with Gasteiger partial charge in [0.1, 0.15) is 5.52 Å². The third-order valence-corrected chi connectivity index (χ3v) is 2.58. The molecule has 2 N–H and O–H groups in total. The zero-order valence-electron chi connectivity index (χ0n) is 5.90. The van der Waals surface area contributed by atoms with Crippen LogP contribution in [0.4, 0.5) is 5.82 Å². The molecule has 56 valence electrons. The molecule has 0 saturated carbocycles. The molecule has 4 nitrogen and oxygen atoms in total. The van der Waals surface area contributed by atoms with Crippen LogP contribution in [0.15, 0.2) is 5.38 Å². The topological polar surface area (TPSA) is 64.7 Å². The van der Waals surface area contributed by atoms with Crippen molar-refractivity contribution >= 4 is 27.4 Å². The Morgan fingerprint density at radius 3 is 3.00 bits per heavy atom. The lowest BCUT2D eigenvalue weighted by Gasteiger charge is -1.90. The summed E-state index contributed by atoms with van der Waals surface area (Å²) in [6.07, 6.45) is 0. The van der Waals surface area contributed by atoms with Gasteiger partial charge in [0.05, 0.1) is 4.70 Å². The maximum absolute atomic E-state index is 5.57. The van der Waals surface area contributed by atoms with E-state index in [0.717, 1.165) is 15.8 Å². The number of aromatic nitrogens is 3. The molecule has 11 heavy (non-hydrogen) atoms. The van der Waals surface area contributed by atoms with Crippen molar-refractivity contribution in [1.82, 2.24) is 15.4 Å². The number of nitrogen functional groups attached to an aromatic ring is 1. The first-order chi connectivity index (χ1) is 5.29. The van der Waals surface area contributed by atoms with Gasteiger partial charge in [0.15, 0.2) is 5.82 Å². The lowest BCUT2D eigenvalue weighted by molar-refractivity contribution is 0.903. The Morgan fingerprint density at radius 2 is 2.27 bits per heavy atom. The van der Waals surface area contributed by atoms with Gasteiger partial charge in [-0.2, -0.15) is 0 Å². The Labute approximate surface area is 67.1 Å². The highest BCUT2D eigenvalue weighted by Gasteiger charge is 2.04. The minimum Gasteiger partial charge on any atom is -0.381 e. The van der Waals surface area contributed by atoms with Gasteiger partial charge in [-0.1, -0.05) is 0 Å². The molecule has 0 amide bonds. The summed E-state index contributed by atoms with van der Waals surface area (Å²) in [4.78, 5) is 0. The van der Waals surface area contributed by atoms with Crippen LogP contribution in [0.3, 0.4) is 0 Å². The van der Waals surface area contributed by atoms with Crippen LogP contribution in [0.2, 0.25) is 0 Å². The van der Waals surface area contributed by atoms with Gasteiger partial charge in [-0.25, -0.2) is 0 Å². The average molecular weight is 166 g/mol. The van der Waals surface area contributed by atoms with Gasteiger partial charge in [-0.05, 0) is 23.1 Å². The molecule has 0 radical (unpaired) electrons. The molecule has 0 atom stereocenters. The molecular weight excluding hydrogens is 160 g/mol. The second-order valence-electron chi connectivity index (χ2n) is 2.27. The number of nitrogens with two attached hydrogens (primary N) is 1. The average Bonchev–Trinajstić information content (AvgIpc) is 2.35. The SMILES string of the molecule is Cc1csc2c(N)nnnc12. The van der Waals surface area contributed by atoms with Gasteiger partial charge in [0.25, 0.3) is 0 Å². The Hall–Kier alpha value is -1.23. The Bertz CT molecular complexity index is 394. The first-order valence-corrected chi connectivity index (χ1v) is 3.99. The summed E-state index contributed by atoms with van der Waals surface area (Å²) in [7, 11) is 0. The molecule has 0 aliphatic rings. The number of thiophene rings is 1. The van der Waals surface area contributed by atoms with Crippen LogP contribution in [0.25, 0.3) is 10.2 Å². The van der Waals surface area contributed by atoms with Crippen molar-refractivity contribution < 1.29 is 0 Å². The van der Waals surface area contributed by atoms with Gasteiger partial charge in [-0.3, -0.25) is 0 Å². The van der Waals surface area contributed by atoms with E-state index in [1.165, 1.54) is 0 Å². The zero-order chi connectivity index (χ0) is 7.84. The minimum atomic E-state index is 0.466. The lowest BCUT2D eigenvalue weighted by atomic mass is 10.3. The van der Waals surface area contributed by atoms with Crippen molar-refractivity contribution in [3.8, 4) is 0 Å². The largest absolute Gasteiger partial charge is 0.381 e. The standard InChI is InChI=1S/C6H6N4S/c1-3-2-11-5-4(3)8-10-9-6(5)7/h2H,1H3,(H2,7,8,9). The summed E-state index contributed by atoms with van der Waals surface area (Å²) in [5.41, 5.74) is 7.53. The van der Waals surface area contributed by atoms with E-state index in [4.69, 9.17) is 5.73 Å². The molecule has 0 aromatic carbocycles. The number of hydrogen-bond acceptors (Lipinski definition) is 5. The molecule has 0 saturated heterocycles. The third kappa shape index (κ3) is 0.848. The van der Waals surface area contributed by atoms with Gasteiger partial charge < -0.3 is 5.73 Å². The van der Waals surface area contributed by atoms with E-state index >= 15 is 0 Å². The molecule has 0 unspecified atom stereocenters. The lowest BCUT2D eigenvalue weighted by Crippen LogP contribution is -1.94. The first-order valence-electron chi connectivity index (χ1n) is 3.11. The van der Waals surface area contributed by atoms with Gasteiger partial charge in [-0.15, -0.1) is 21.5 Å². The molecule has 2 aromatic heterocycles. The predicted molar refractivity (Wildman–Crippen MR) is 44.4 cm³/mol. The second-order valence-corrected chi connectivity index (χ2v) is 3.15. The minimum absolute atomic E-state index is 0.466. The van der Waals surface area contributed by atoms with E-state index in [2.05, 4.69) is 15.4 Å². The van der Waals surface area contributed by atoms with Crippen molar-refractivity contribution in [3.05, 3.63) is 10.9 Å². The normalized spacial score (nSPS) is 10.6. The van der Waals surface area contributed by atoms with E-state index in [0.29, 0.717) is 5.82 Å². The molecule has 0 fully saturated rings. The molecular formula is C6H6N4S. The number of aryl methyl sites for hydroxylation is 1. The summed E-state index contributed by atoms with van der Waals surface area (Å²) in [6, 6.07) is 0. The Kier molecular flexibility index (Phi) is 1.25. The fraction of sp³-hybridized carbons (Fsp3) is 0.167. The van der Waals surface area contributed by atoms with Gasteiger partial charge in [0.2, 0.25) is 0 Å². The van der Waals surface area contributed by atoms with Crippen LogP contribution in [-0.2, 0) is 0 Å². The predicted octanol–water partition coefficient (Wildman–Crippen LogP) is 0.977. The second kappa shape index (κ2) is 2.13. The number of hydrogen-bond donors (Lipinski definition) is 1.